The number of allylic oxidation sites excluding steroid dienone is 1. The van der Waals surface area contributed by atoms with E-state index in [-0.39, 0.29) is 11.8 Å². The summed E-state index contributed by atoms with van der Waals surface area (Å²) in [6.45, 7) is 4.38. The number of carbonyl (C=O) groups is 2. The fourth-order valence-corrected chi connectivity index (χ4v) is 3.03. The average molecular weight is 376 g/mol. The molecule has 28 heavy (non-hydrogen) atoms. The van der Waals surface area contributed by atoms with Crippen LogP contribution in [0.4, 0.5) is 4.79 Å². The molecule has 144 valence electrons. The summed E-state index contributed by atoms with van der Waals surface area (Å²) in [5.41, 5.74) is 3.47. The van der Waals surface area contributed by atoms with E-state index in [9.17, 15) is 9.59 Å². The van der Waals surface area contributed by atoms with Crippen LogP contribution >= 0.6 is 0 Å². The van der Waals surface area contributed by atoms with Crippen molar-refractivity contribution in [1.82, 2.24) is 10.2 Å². The third kappa shape index (κ3) is 4.31. The number of urea groups is 1. The Hall–Kier alpha value is -3.34. The number of aryl methyl sites for hydroxylation is 1. The lowest BCUT2D eigenvalue weighted by Crippen LogP contribution is -2.44. The number of amides is 2. The summed E-state index contributed by atoms with van der Waals surface area (Å²) in [5, 5.41) is 2.93. The van der Waals surface area contributed by atoms with Crippen LogP contribution in [-0.4, -0.2) is 30.4 Å². The topological polar surface area (TPSA) is 58.6 Å². The van der Waals surface area contributed by atoms with Gasteiger partial charge in [0.05, 0.1) is 13.2 Å². The van der Waals surface area contributed by atoms with Crippen molar-refractivity contribution in [2.45, 2.75) is 19.9 Å². The number of ketones is 1. The minimum atomic E-state index is -0.503. The van der Waals surface area contributed by atoms with Crippen LogP contribution in [0, 0.1) is 6.92 Å². The minimum absolute atomic E-state index is 0.139. The number of hydrogen-bond acceptors (Lipinski definition) is 3. The van der Waals surface area contributed by atoms with Crippen molar-refractivity contribution < 1.29 is 14.3 Å². The van der Waals surface area contributed by atoms with Crippen molar-refractivity contribution in [1.29, 1.82) is 0 Å². The maximum atomic E-state index is 13.0. The number of hydrogen-bond donors (Lipinski definition) is 1. The van der Waals surface area contributed by atoms with Crippen LogP contribution in [0.1, 0.15) is 29.7 Å². The van der Waals surface area contributed by atoms with Crippen molar-refractivity contribution >= 4 is 17.9 Å². The molecule has 1 N–H and O–H groups in total. The predicted molar refractivity (Wildman–Crippen MR) is 110 cm³/mol. The first kappa shape index (κ1) is 19.4. The number of nitrogens with zero attached hydrogens (tertiary/aromatic N) is 1. The zero-order valence-corrected chi connectivity index (χ0v) is 16.3. The van der Waals surface area contributed by atoms with Crippen LogP contribution in [-0.2, 0) is 4.79 Å². The van der Waals surface area contributed by atoms with Gasteiger partial charge in [-0.2, -0.15) is 0 Å². The Bertz CT molecular complexity index is 912. The Morgan fingerprint density at radius 3 is 2.43 bits per heavy atom. The molecular weight excluding hydrogens is 352 g/mol. The molecule has 2 aromatic rings. The van der Waals surface area contributed by atoms with E-state index in [0.29, 0.717) is 12.1 Å². The second kappa shape index (κ2) is 8.57. The largest absolute Gasteiger partial charge is 0.497 e. The van der Waals surface area contributed by atoms with Gasteiger partial charge in [0.1, 0.15) is 5.75 Å². The normalized spacial score (nSPS) is 16.7. The molecule has 0 fully saturated rings. The van der Waals surface area contributed by atoms with Gasteiger partial charge in [0.25, 0.3) is 0 Å². The van der Waals surface area contributed by atoms with Crippen molar-refractivity contribution in [3.63, 3.8) is 0 Å². The van der Waals surface area contributed by atoms with Gasteiger partial charge in [-0.3, -0.25) is 4.79 Å². The molecule has 0 radical (unpaired) electrons. The van der Waals surface area contributed by atoms with Gasteiger partial charge in [-0.1, -0.05) is 48.0 Å². The standard InChI is InChI=1S/C23H24N2O3/c1-4-25-15-20(21(26)14-9-17-7-5-16(2)6-8-17)22(24-23(25)27)18-10-12-19(28-3)13-11-18/h5-15,22H,4H2,1-3H3,(H,24,27). The number of methoxy groups -OCH3 is 1. The van der Waals surface area contributed by atoms with Crippen LogP contribution in [0.3, 0.4) is 0 Å². The summed E-state index contributed by atoms with van der Waals surface area (Å²) in [7, 11) is 1.60. The highest BCUT2D eigenvalue weighted by Crippen LogP contribution is 2.28. The number of benzene rings is 2. The summed E-state index contributed by atoms with van der Waals surface area (Å²) in [6.07, 6.45) is 4.99. The van der Waals surface area contributed by atoms with Crippen molar-refractivity contribution in [2.24, 2.45) is 0 Å². The number of ether oxygens (including phenoxy) is 1. The summed E-state index contributed by atoms with van der Waals surface area (Å²) in [6, 6.07) is 14.6. The second-order valence-electron chi connectivity index (χ2n) is 6.63. The van der Waals surface area contributed by atoms with Crippen LogP contribution in [0.15, 0.2) is 66.4 Å². The molecule has 2 amide bonds. The van der Waals surface area contributed by atoms with Crippen molar-refractivity contribution in [3.8, 4) is 5.75 Å². The lowest BCUT2D eigenvalue weighted by atomic mass is 9.94. The Kier molecular flexibility index (Phi) is 5.94. The maximum absolute atomic E-state index is 13.0. The van der Waals surface area contributed by atoms with Gasteiger partial charge < -0.3 is 15.0 Å². The van der Waals surface area contributed by atoms with Crippen LogP contribution in [0.2, 0.25) is 0 Å². The SMILES string of the molecule is CCN1C=C(C(=O)C=Cc2ccc(C)cc2)C(c2ccc(OC)cc2)NC1=O. The van der Waals surface area contributed by atoms with E-state index in [1.165, 1.54) is 10.5 Å². The highest BCUT2D eigenvalue weighted by Gasteiger charge is 2.30. The monoisotopic (exact) mass is 376 g/mol. The Labute approximate surface area is 165 Å². The molecule has 2 aromatic carbocycles. The highest BCUT2D eigenvalue weighted by atomic mass is 16.5. The van der Waals surface area contributed by atoms with Crippen LogP contribution in [0.25, 0.3) is 6.08 Å². The third-order valence-electron chi connectivity index (χ3n) is 4.71. The van der Waals surface area contributed by atoms with E-state index in [4.69, 9.17) is 4.74 Å². The third-order valence-corrected chi connectivity index (χ3v) is 4.71. The molecule has 0 aromatic heterocycles. The fourth-order valence-electron chi connectivity index (χ4n) is 3.03. The minimum Gasteiger partial charge on any atom is -0.497 e. The predicted octanol–water partition coefficient (Wildman–Crippen LogP) is 4.26. The first-order valence-corrected chi connectivity index (χ1v) is 9.23. The van der Waals surface area contributed by atoms with E-state index in [1.54, 1.807) is 25.5 Å². The second-order valence-corrected chi connectivity index (χ2v) is 6.63. The molecule has 0 bridgehead atoms. The van der Waals surface area contributed by atoms with Gasteiger partial charge in [0.15, 0.2) is 5.78 Å². The lowest BCUT2D eigenvalue weighted by Gasteiger charge is -2.31. The molecule has 1 aliphatic heterocycles. The number of carbonyl (C=O) groups excluding carboxylic acids is 2. The molecule has 1 aliphatic rings. The van der Waals surface area contributed by atoms with Crippen molar-refractivity contribution in [2.75, 3.05) is 13.7 Å². The Morgan fingerprint density at radius 2 is 1.82 bits per heavy atom. The van der Waals surface area contributed by atoms with Gasteiger partial charge in [0.2, 0.25) is 0 Å². The molecule has 0 spiro atoms. The summed E-state index contributed by atoms with van der Waals surface area (Å²) >= 11 is 0. The Balaban J connectivity index is 1.90. The smallest absolute Gasteiger partial charge is 0.322 e. The molecule has 0 aliphatic carbocycles. The van der Waals surface area contributed by atoms with Gasteiger partial charge in [-0.25, -0.2) is 4.79 Å². The van der Waals surface area contributed by atoms with E-state index >= 15 is 0 Å². The highest BCUT2D eigenvalue weighted by molar-refractivity contribution is 6.08. The quantitative estimate of drug-likeness (QED) is 0.767. The zero-order valence-electron chi connectivity index (χ0n) is 16.3. The van der Waals surface area contributed by atoms with Gasteiger partial charge in [0, 0.05) is 18.3 Å². The summed E-state index contributed by atoms with van der Waals surface area (Å²) < 4.78 is 5.19. The molecule has 5 heteroatoms. The van der Waals surface area contributed by atoms with Crippen molar-refractivity contribution in [3.05, 3.63) is 83.1 Å². The lowest BCUT2D eigenvalue weighted by molar-refractivity contribution is -0.111. The molecule has 1 heterocycles. The molecular formula is C23H24N2O3. The first-order chi connectivity index (χ1) is 13.5. The van der Waals surface area contributed by atoms with E-state index in [2.05, 4.69) is 5.32 Å². The molecule has 3 rings (SSSR count). The fraction of sp³-hybridized carbons (Fsp3) is 0.217. The van der Waals surface area contributed by atoms with Gasteiger partial charge in [-0.15, -0.1) is 0 Å². The number of rotatable bonds is 6. The first-order valence-electron chi connectivity index (χ1n) is 9.23. The van der Waals surface area contributed by atoms with E-state index < -0.39 is 6.04 Å². The van der Waals surface area contributed by atoms with Crippen LogP contribution in [0.5, 0.6) is 5.75 Å². The van der Waals surface area contributed by atoms with Crippen LogP contribution < -0.4 is 10.1 Å². The maximum Gasteiger partial charge on any atom is 0.322 e. The molecule has 0 saturated carbocycles. The summed E-state index contributed by atoms with van der Waals surface area (Å²) in [4.78, 5) is 26.8. The van der Waals surface area contributed by atoms with Gasteiger partial charge >= 0.3 is 6.03 Å². The molecule has 1 unspecified atom stereocenters. The molecule has 0 saturated heterocycles. The zero-order chi connectivity index (χ0) is 20.1. The molecule has 5 nitrogen and oxygen atoms in total. The van der Waals surface area contributed by atoms with E-state index in [0.717, 1.165) is 16.9 Å². The Morgan fingerprint density at radius 1 is 1.14 bits per heavy atom. The average Bonchev–Trinajstić information content (AvgIpc) is 2.73. The summed E-state index contributed by atoms with van der Waals surface area (Å²) in [5.74, 6) is 0.581. The van der Waals surface area contributed by atoms with Gasteiger partial charge in [-0.05, 0) is 43.2 Å². The van der Waals surface area contributed by atoms with E-state index in [1.807, 2.05) is 62.4 Å². The number of nitrogens with one attached hydrogen (secondary N) is 1. The molecule has 1 atom stereocenters.